The molecular formula is C43H44IrN2OSi-2. The van der Waals surface area contributed by atoms with Crippen LogP contribution >= 0.6 is 0 Å². The first kappa shape index (κ1) is 30.2. The summed E-state index contributed by atoms with van der Waals surface area (Å²) >= 11 is 0. The maximum atomic E-state index is 8.63. The maximum Gasteiger partial charge on any atom is 0.121 e. The average molecular weight is 829 g/mol. The molecule has 4 aromatic carbocycles. The zero-order chi connectivity index (χ0) is 36.9. The predicted octanol–water partition coefficient (Wildman–Crippen LogP) is 11.4. The minimum atomic E-state index is -1.63. The Morgan fingerprint density at radius 1 is 0.854 bits per heavy atom. The van der Waals surface area contributed by atoms with E-state index in [-0.39, 0.29) is 26.3 Å². The zero-order valence-electron chi connectivity index (χ0n) is 32.9. The summed E-state index contributed by atoms with van der Waals surface area (Å²) in [5, 5.41) is 5.48. The van der Waals surface area contributed by atoms with Crippen LogP contribution in [0, 0.1) is 17.5 Å². The quantitative estimate of drug-likeness (QED) is 0.128. The first-order valence-electron chi connectivity index (χ1n) is 18.1. The second-order valence-electron chi connectivity index (χ2n) is 14.3. The fraction of sp³-hybridized carbons (Fsp3) is 0.256. The molecule has 247 valence electrons. The fourth-order valence-corrected chi connectivity index (χ4v) is 7.39. The summed E-state index contributed by atoms with van der Waals surface area (Å²) in [6, 6.07) is 35.7. The van der Waals surface area contributed by atoms with Gasteiger partial charge in [0.25, 0.3) is 0 Å². The van der Waals surface area contributed by atoms with Gasteiger partial charge in [0, 0.05) is 42.0 Å². The molecule has 0 N–H and O–H groups in total. The number of nitrogens with zero attached hydrogens (tertiary/aromatic N) is 2. The Hall–Kier alpha value is -3.89. The molecule has 0 atom stereocenters. The summed E-state index contributed by atoms with van der Waals surface area (Å²) in [6.07, 6.45) is 0.376. The third-order valence-corrected chi connectivity index (χ3v) is 10.0. The smallest absolute Gasteiger partial charge is 0.121 e. The molecule has 0 saturated heterocycles. The van der Waals surface area contributed by atoms with Crippen molar-refractivity contribution in [3.8, 4) is 22.5 Å². The number of rotatable bonds is 5. The summed E-state index contributed by atoms with van der Waals surface area (Å²) in [5.41, 5.74) is 5.34. The van der Waals surface area contributed by atoms with Crippen molar-refractivity contribution >= 4 is 46.0 Å². The minimum Gasteiger partial charge on any atom is -0.501 e. The third-order valence-electron chi connectivity index (χ3n) is 8.01. The number of furan rings is 1. The molecule has 0 bridgehead atoms. The van der Waals surface area contributed by atoms with Gasteiger partial charge >= 0.3 is 0 Å². The van der Waals surface area contributed by atoms with E-state index in [4.69, 9.17) is 9.90 Å². The number of hydrogen-bond donors (Lipinski definition) is 0. The van der Waals surface area contributed by atoms with Crippen molar-refractivity contribution in [1.29, 1.82) is 0 Å². The molecule has 0 fully saturated rings. The molecule has 48 heavy (non-hydrogen) atoms. The zero-order valence-corrected chi connectivity index (χ0v) is 32.3. The van der Waals surface area contributed by atoms with Gasteiger partial charge in [-0.15, -0.1) is 54.1 Å². The molecule has 0 spiro atoms. The fourth-order valence-electron chi connectivity index (χ4n) is 5.81. The van der Waals surface area contributed by atoms with Crippen molar-refractivity contribution in [1.82, 2.24) is 9.97 Å². The molecule has 7 aromatic rings. The summed E-state index contributed by atoms with van der Waals surface area (Å²) < 4.78 is 40.2. The molecule has 0 saturated carbocycles. The molecule has 1 radical (unpaired) electrons. The number of fused-ring (bicyclic) bond motifs is 4. The topological polar surface area (TPSA) is 38.9 Å². The van der Waals surface area contributed by atoms with E-state index in [0.29, 0.717) is 22.4 Å². The molecule has 0 aliphatic rings. The van der Waals surface area contributed by atoms with E-state index in [1.807, 2.05) is 95.4 Å². The van der Waals surface area contributed by atoms with Crippen molar-refractivity contribution in [3.63, 3.8) is 0 Å². The number of aromatic nitrogens is 2. The van der Waals surface area contributed by atoms with Gasteiger partial charge in [0.05, 0.1) is 15.0 Å². The van der Waals surface area contributed by atoms with Crippen molar-refractivity contribution < 1.29 is 30.0 Å². The number of pyridine rings is 2. The van der Waals surface area contributed by atoms with Gasteiger partial charge in [0.15, 0.2) is 0 Å². The third kappa shape index (κ3) is 7.87. The van der Waals surface area contributed by atoms with E-state index in [9.17, 15) is 0 Å². The molecule has 0 amide bonds. The van der Waals surface area contributed by atoms with Crippen LogP contribution in [0.1, 0.15) is 57.1 Å². The van der Waals surface area contributed by atoms with Gasteiger partial charge in [0.1, 0.15) is 5.58 Å². The first-order valence-corrected chi connectivity index (χ1v) is 19.6. The molecule has 5 heteroatoms. The monoisotopic (exact) mass is 829 g/mol. The van der Waals surface area contributed by atoms with Gasteiger partial charge in [-0.05, 0) is 63.2 Å². The van der Waals surface area contributed by atoms with E-state index in [2.05, 4.69) is 66.0 Å². The van der Waals surface area contributed by atoms with Crippen molar-refractivity contribution in [2.45, 2.75) is 66.5 Å². The Morgan fingerprint density at radius 3 is 2.25 bits per heavy atom. The predicted molar refractivity (Wildman–Crippen MR) is 202 cm³/mol. The van der Waals surface area contributed by atoms with Gasteiger partial charge in [-0.2, -0.15) is 0 Å². The number of benzene rings is 4. The molecule has 3 heterocycles. The normalized spacial score (nSPS) is 13.6. The van der Waals surface area contributed by atoms with E-state index >= 15 is 0 Å². The summed E-state index contributed by atoms with van der Waals surface area (Å²) in [5.74, 6) is -0.609. The van der Waals surface area contributed by atoms with E-state index in [0.717, 1.165) is 43.9 Å². The van der Waals surface area contributed by atoms with Crippen molar-refractivity contribution in [2.75, 3.05) is 0 Å². The SMILES string of the molecule is [2H]C(C)(C)c1cc(-c2[c-]cccc2)ncc1[Si](C)(C)C.[2H]c1cc(C([2H])([2H])C(C)(C)C)cc(-c2[c-]ccc3c2oc2cc4ccccc4cc23)n1.[Ir]. The molecule has 3 nitrogen and oxygen atoms in total. The van der Waals surface area contributed by atoms with E-state index in [1.165, 1.54) is 11.3 Å². The van der Waals surface area contributed by atoms with Crippen molar-refractivity contribution in [2.24, 2.45) is 5.41 Å². The molecule has 3 aromatic heterocycles. The Morgan fingerprint density at radius 2 is 1.58 bits per heavy atom. The van der Waals surface area contributed by atoms with Crippen LogP contribution in [0.3, 0.4) is 0 Å². The van der Waals surface area contributed by atoms with Crippen LogP contribution in [0.5, 0.6) is 0 Å². The van der Waals surface area contributed by atoms with Crippen LogP contribution in [0.15, 0.2) is 108 Å². The Balaban J connectivity index is 0.000000217. The van der Waals surface area contributed by atoms with Crippen molar-refractivity contribution in [3.05, 3.63) is 127 Å². The van der Waals surface area contributed by atoms with Gasteiger partial charge in [0.2, 0.25) is 0 Å². The van der Waals surface area contributed by atoms with E-state index in [1.54, 1.807) is 6.07 Å². The molecular weight excluding hydrogens is 781 g/mol. The summed E-state index contributed by atoms with van der Waals surface area (Å²) in [4.78, 5) is 8.99. The van der Waals surface area contributed by atoms with Crippen LogP contribution < -0.4 is 5.19 Å². The van der Waals surface area contributed by atoms with Crippen LogP contribution in [-0.4, -0.2) is 18.0 Å². The standard InChI is InChI=1S/C26H22NO.C17H22NSi.Ir/c1-26(2,3)16-17-11-12-27-23(13-17)21-10-6-9-20-22-14-18-7-4-5-8-19(18)15-24(22)28-25(20)21;1-13(2)15-11-16(14-9-7-6-8-10-14)18-12-17(15)19(3,4)5;/h4-9,11-15H,16H2,1-3H3;6-9,11-13H,1-5H3;/q2*-1;/i12D,16D2;13D;. The Labute approximate surface area is 305 Å². The Kier molecular flexibility index (Phi) is 8.99. The molecule has 0 unspecified atom stereocenters. The molecule has 7 rings (SSSR count). The maximum absolute atomic E-state index is 8.63. The number of hydrogen-bond acceptors (Lipinski definition) is 3. The molecule has 0 aliphatic carbocycles. The second kappa shape index (κ2) is 14.3. The second-order valence-corrected chi connectivity index (χ2v) is 19.3. The summed E-state index contributed by atoms with van der Waals surface area (Å²) in [7, 11) is -1.50. The van der Waals surface area contributed by atoms with Gasteiger partial charge < -0.3 is 14.4 Å². The summed E-state index contributed by atoms with van der Waals surface area (Å²) in [6.45, 7) is 16.4. The average Bonchev–Trinajstić information content (AvgIpc) is 3.43. The largest absolute Gasteiger partial charge is 0.501 e. The van der Waals surface area contributed by atoms with E-state index < -0.39 is 25.8 Å². The van der Waals surface area contributed by atoms with Crippen LogP contribution in [-0.2, 0) is 26.5 Å². The minimum absolute atomic E-state index is 0. The van der Waals surface area contributed by atoms with Gasteiger partial charge in [-0.1, -0.05) is 113 Å². The first-order chi connectivity index (χ1) is 23.8. The Bertz CT molecular complexity index is 2370. The van der Waals surface area contributed by atoms with Crippen LogP contribution in [0.25, 0.3) is 55.2 Å². The van der Waals surface area contributed by atoms with Gasteiger partial charge in [-0.3, -0.25) is 0 Å². The van der Waals surface area contributed by atoms with Gasteiger partial charge in [-0.25, -0.2) is 0 Å². The molecule has 0 aliphatic heterocycles. The van der Waals surface area contributed by atoms with Crippen LogP contribution in [0.2, 0.25) is 19.6 Å². The van der Waals surface area contributed by atoms with Crippen LogP contribution in [0.4, 0.5) is 0 Å².